The van der Waals surface area contributed by atoms with Crippen LogP contribution in [0.4, 0.5) is 8.78 Å². The molecule has 3 rings (SSSR count). The van der Waals surface area contributed by atoms with E-state index < -0.39 is 6.29 Å². The predicted molar refractivity (Wildman–Crippen MR) is 78.4 cm³/mol. The Labute approximate surface area is 130 Å². The number of benzene rings is 2. The highest BCUT2D eigenvalue weighted by Crippen LogP contribution is 2.39. The topological polar surface area (TPSA) is 47.9 Å². The average molecular weight is 321 g/mol. The molecule has 0 N–H and O–H groups in total. The van der Waals surface area contributed by atoms with Gasteiger partial charge in [-0.3, -0.25) is 4.79 Å². The highest BCUT2D eigenvalue weighted by Gasteiger charge is 2.42. The van der Waals surface area contributed by atoms with Crippen molar-refractivity contribution in [3.8, 4) is 11.5 Å². The largest absolute Gasteiger partial charge is 0.586 e. The number of carbonyl (C=O) groups is 1. The second-order valence-electron chi connectivity index (χ2n) is 3.99. The molecule has 0 radical (unpaired) electrons. The molecule has 1 aliphatic heterocycles. The summed E-state index contributed by atoms with van der Waals surface area (Å²) in [4.78, 5) is 14.3. The van der Waals surface area contributed by atoms with E-state index in [4.69, 9.17) is 0 Å². The second kappa shape index (κ2) is 6.89. The molecule has 0 aliphatic carbocycles. The number of isothiocyanates is 1. The van der Waals surface area contributed by atoms with Crippen molar-refractivity contribution < 1.29 is 23.0 Å². The van der Waals surface area contributed by atoms with Crippen LogP contribution in [0, 0.1) is 0 Å². The fourth-order valence-corrected chi connectivity index (χ4v) is 1.67. The third kappa shape index (κ3) is 4.18. The molecule has 0 saturated heterocycles. The Morgan fingerprint density at radius 2 is 1.50 bits per heavy atom. The van der Waals surface area contributed by atoms with Crippen LogP contribution in [0.5, 0.6) is 11.5 Å². The first kappa shape index (κ1) is 15.8. The number of para-hydroxylation sites is 2. The van der Waals surface area contributed by atoms with E-state index in [0.29, 0.717) is 5.56 Å². The molecule has 1 aliphatic rings. The van der Waals surface area contributed by atoms with E-state index >= 15 is 0 Å². The van der Waals surface area contributed by atoms with Crippen LogP contribution in [0.1, 0.15) is 10.4 Å². The molecule has 1 amide bonds. The number of halogens is 2. The summed E-state index contributed by atoms with van der Waals surface area (Å²) in [6, 6.07) is 14.8. The van der Waals surface area contributed by atoms with Gasteiger partial charge in [0.2, 0.25) is 0 Å². The molecule has 0 aromatic heterocycles. The lowest BCUT2D eigenvalue weighted by Gasteiger charge is -2.04. The van der Waals surface area contributed by atoms with Crippen LogP contribution in [-0.4, -0.2) is 17.4 Å². The molecule has 0 saturated carbocycles. The van der Waals surface area contributed by atoms with Gasteiger partial charge in [0.05, 0.1) is 5.16 Å². The van der Waals surface area contributed by atoms with Gasteiger partial charge in [0.1, 0.15) is 0 Å². The van der Waals surface area contributed by atoms with E-state index in [9.17, 15) is 13.6 Å². The van der Waals surface area contributed by atoms with Crippen molar-refractivity contribution in [3.05, 3.63) is 60.2 Å². The third-order valence-electron chi connectivity index (χ3n) is 2.47. The van der Waals surface area contributed by atoms with Gasteiger partial charge in [-0.15, -0.1) is 8.78 Å². The van der Waals surface area contributed by atoms with Gasteiger partial charge in [0.15, 0.2) is 11.5 Å². The molecule has 0 spiro atoms. The molecule has 0 unspecified atom stereocenters. The van der Waals surface area contributed by atoms with E-state index in [-0.39, 0.29) is 17.4 Å². The number of carbonyl (C=O) groups excluding carboxylic acids is 1. The van der Waals surface area contributed by atoms with E-state index in [1.165, 1.54) is 12.1 Å². The number of ether oxygens (including phenoxy) is 2. The quantitative estimate of drug-likeness (QED) is 0.590. The number of thiocarbonyl (C=S) groups is 1. The molecule has 22 heavy (non-hydrogen) atoms. The number of aliphatic imine (C=N–C) groups is 1. The summed E-state index contributed by atoms with van der Waals surface area (Å²) in [6.45, 7) is 0. The molecular formula is C15H9F2NO3S. The zero-order chi connectivity index (χ0) is 16.0. The van der Waals surface area contributed by atoms with Crippen LogP contribution < -0.4 is 9.47 Å². The van der Waals surface area contributed by atoms with Crippen molar-refractivity contribution in [2.24, 2.45) is 4.99 Å². The number of hydrogen-bond acceptors (Lipinski definition) is 4. The third-order valence-corrected chi connectivity index (χ3v) is 2.57. The molecule has 7 heteroatoms. The van der Waals surface area contributed by atoms with Crippen molar-refractivity contribution in [2.75, 3.05) is 0 Å². The van der Waals surface area contributed by atoms with Crippen molar-refractivity contribution in [2.45, 2.75) is 6.29 Å². The standard InChI is InChI=1S/C8H5NOS.C7H4F2O2/c10-8(9-6-11)7-4-2-1-3-5-7;8-7(9)10-5-3-1-2-4-6(5)11-7/h1-5H;1-4H. The summed E-state index contributed by atoms with van der Waals surface area (Å²) >= 11 is 4.29. The summed E-state index contributed by atoms with van der Waals surface area (Å²) in [5.74, 6) is -0.185. The Kier molecular flexibility index (Phi) is 4.93. The maximum atomic E-state index is 12.3. The Bertz CT molecular complexity index is 689. The summed E-state index contributed by atoms with van der Waals surface area (Å²) in [6.07, 6.45) is -3.50. The number of fused-ring (bicyclic) bond motifs is 1. The fraction of sp³-hybridized carbons (Fsp3) is 0.0667. The first-order chi connectivity index (χ1) is 10.5. The van der Waals surface area contributed by atoms with Gasteiger partial charge in [0, 0.05) is 5.56 Å². The Hall–Kier alpha value is -2.63. The summed E-state index contributed by atoms with van der Waals surface area (Å²) < 4.78 is 32.9. The zero-order valence-corrected chi connectivity index (χ0v) is 11.8. The molecular weight excluding hydrogens is 312 g/mol. The van der Waals surface area contributed by atoms with Gasteiger partial charge in [-0.05, 0) is 36.5 Å². The molecule has 0 atom stereocenters. The maximum Gasteiger partial charge on any atom is 0.586 e. The van der Waals surface area contributed by atoms with Crippen LogP contribution in [0.2, 0.25) is 0 Å². The van der Waals surface area contributed by atoms with Gasteiger partial charge >= 0.3 is 6.29 Å². The summed E-state index contributed by atoms with van der Waals surface area (Å²) in [7, 11) is 0. The summed E-state index contributed by atoms with van der Waals surface area (Å²) in [5, 5.41) is 2.02. The van der Waals surface area contributed by atoms with E-state index in [1.54, 1.807) is 36.4 Å². The Morgan fingerprint density at radius 1 is 1.00 bits per heavy atom. The number of hydrogen-bond donors (Lipinski definition) is 0. The Morgan fingerprint density at radius 3 is 2.00 bits per heavy atom. The average Bonchev–Trinajstić information content (AvgIpc) is 2.83. The molecule has 0 fully saturated rings. The van der Waals surface area contributed by atoms with Gasteiger partial charge in [0.25, 0.3) is 5.91 Å². The van der Waals surface area contributed by atoms with E-state index in [0.717, 1.165) is 0 Å². The van der Waals surface area contributed by atoms with Crippen LogP contribution in [0.15, 0.2) is 59.6 Å². The maximum absolute atomic E-state index is 12.3. The van der Waals surface area contributed by atoms with Crippen molar-refractivity contribution >= 4 is 23.3 Å². The monoisotopic (exact) mass is 321 g/mol. The minimum absolute atomic E-state index is 0.0810. The number of amides is 1. The van der Waals surface area contributed by atoms with Crippen LogP contribution in [-0.2, 0) is 0 Å². The zero-order valence-electron chi connectivity index (χ0n) is 11.0. The van der Waals surface area contributed by atoms with Crippen molar-refractivity contribution in [1.82, 2.24) is 0 Å². The van der Waals surface area contributed by atoms with Gasteiger partial charge < -0.3 is 9.47 Å². The number of nitrogens with zero attached hydrogens (tertiary/aromatic N) is 1. The van der Waals surface area contributed by atoms with E-state index in [2.05, 4.69) is 26.7 Å². The van der Waals surface area contributed by atoms with Crippen molar-refractivity contribution in [3.63, 3.8) is 0 Å². The number of alkyl halides is 2. The highest BCUT2D eigenvalue weighted by atomic mass is 32.1. The number of rotatable bonds is 1. The Balaban J connectivity index is 0.000000160. The molecule has 0 bridgehead atoms. The smallest absolute Gasteiger partial charge is 0.395 e. The van der Waals surface area contributed by atoms with Gasteiger partial charge in [-0.1, -0.05) is 30.3 Å². The molecule has 2 aromatic carbocycles. The van der Waals surface area contributed by atoms with Crippen molar-refractivity contribution in [1.29, 1.82) is 0 Å². The second-order valence-corrected chi connectivity index (χ2v) is 4.17. The normalized spacial score (nSPS) is 13.4. The summed E-state index contributed by atoms with van der Waals surface area (Å²) in [5.41, 5.74) is 0.532. The predicted octanol–water partition coefficient (Wildman–Crippen LogP) is 3.94. The fourth-order valence-electron chi connectivity index (χ4n) is 1.58. The SMILES string of the molecule is FC1(F)Oc2ccccc2O1.O=C(N=C=S)c1ccccc1. The van der Waals surface area contributed by atoms with Crippen LogP contribution in [0.25, 0.3) is 0 Å². The van der Waals surface area contributed by atoms with Crippen LogP contribution in [0.3, 0.4) is 0 Å². The first-order valence-corrected chi connectivity index (χ1v) is 6.45. The molecule has 1 heterocycles. The lowest BCUT2D eigenvalue weighted by atomic mass is 10.2. The molecule has 2 aromatic rings. The van der Waals surface area contributed by atoms with Gasteiger partial charge in [-0.25, -0.2) is 0 Å². The lowest BCUT2D eigenvalue weighted by molar-refractivity contribution is -0.286. The van der Waals surface area contributed by atoms with Gasteiger partial charge in [-0.2, -0.15) is 4.99 Å². The first-order valence-electron chi connectivity index (χ1n) is 6.04. The highest BCUT2D eigenvalue weighted by molar-refractivity contribution is 7.78. The molecule has 112 valence electrons. The van der Waals surface area contributed by atoms with Crippen LogP contribution >= 0.6 is 12.2 Å². The molecule has 4 nitrogen and oxygen atoms in total. The van der Waals surface area contributed by atoms with E-state index in [1.807, 2.05) is 11.2 Å². The minimum atomic E-state index is -3.50. The minimum Gasteiger partial charge on any atom is -0.395 e. The lowest BCUT2D eigenvalue weighted by Crippen LogP contribution is -2.25.